The molecular weight excluding hydrogens is 585 g/mol. The number of hydrogen-bond donors (Lipinski definition) is 1. The van der Waals surface area contributed by atoms with Crippen molar-refractivity contribution in [1.29, 1.82) is 0 Å². The minimum atomic E-state index is -4.19. The highest BCUT2D eigenvalue weighted by molar-refractivity contribution is 7.92. The number of carbonyl (C=O) groups is 2. The molecule has 0 fully saturated rings. The van der Waals surface area contributed by atoms with E-state index in [0.717, 1.165) is 17.1 Å². The second-order valence-electron chi connectivity index (χ2n) is 9.32. The fraction of sp³-hybridized carbons (Fsp3) is 0.333. The van der Waals surface area contributed by atoms with Gasteiger partial charge >= 0.3 is 0 Å². The summed E-state index contributed by atoms with van der Waals surface area (Å²) in [5.74, 6) is -0.512. The number of sulfonamides is 1. The number of carbonyl (C=O) groups excluding carboxylic acids is 2. The van der Waals surface area contributed by atoms with Crippen LogP contribution in [0.5, 0.6) is 5.75 Å². The number of halogens is 2. The second kappa shape index (κ2) is 15.1. The molecule has 0 aliphatic heterocycles. The monoisotopic (exact) mass is 619 g/mol. The fourth-order valence-electron chi connectivity index (χ4n) is 4.29. The molecule has 41 heavy (non-hydrogen) atoms. The van der Waals surface area contributed by atoms with Crippen LogP contribution in [0.4, 0.5) is 5.69 Å². The van der Waals surface area contributed by atoms with E-state index in [2.05, 4.69) is 5.32 Å². The summed E-state index contributed by atoms with van der Waals surface area (Å²) in [7, 11) is -2.72. The minimum absolute atomic E-state index is 0.0145. The van der Waals surface area contributed by atoms with Crippen molar-refractivity contribution in [1.82, 2.24) is 10.2 Å². The number of nitrogens with zero attached hydrogens (tertiary/aromatic N) is 2. The lowest BCUT2D eigenvalue weighted by Gasteiger charge is -2.33. The third-order valence-corrected chi connectivity index (χ3v) is 9.05. The Bertz CT molecular complexity index is 1420. The molecule has 0 heterocycles. The Morgan fingerprint density at radius 2 is 1.61 bits per heavy atom. The topological polar surface area (TPSA) is 96.0 Å². The third kappa shape index (κ3) is 8.15. The molecule has 0 radical (unpaired) electrons. The van der Waals surface area contributed by atoms with Crippen molar-refractivity contribution in [2.45, 2.75) is 50.6 Å². The summed E-state index contributed by atoms with van der Waals surface area (Å²) in [6.45, 7) is 3.59. The molecule has 0 bridgehead atoms. The average Bonchev–Trinajstić information content (AvgIpc) is 2.97. The summed E-state index contributed by atoms with van der Waals surface area (Å²) in [6, 6.07) is 18.4. The first-order chi connectivity index (χ1) is 19.6. The molecular formula is C30H35Cl2N3O5S. The lowest BCUT2D eigenvalue weighted by molar-refractivity contribution is -0.140. The van der Waals surface area contributed by atoms with Gasteiger partial charge in [-0.1, -0.05) is 73.8 Å². The van der Waals surface area contributed by atoms with Gasteiger partial charge in [0.25, 0.3) is 10.0 Å². The Kier molecular flexibility index (Phi) is 11.9. The molecule has 0 aliphatic carbocycles. The Hall–Kier alpha value is -3.27. The van der Waals surface area contributed by atoms with Crippen LogP contribution in [0.3, 0.4) is 0 Å². The molecule has 3 aromatic rings. The lowest BCUT2D eigenvalue weighted by atomic mass is 10.1. The Balaban J connectivity index is 2.08. The molecule has 220 valence electrons. The maximum atomic E-state index is 14.1. The number of amides is 2. The van der Waals surface area contributed by atoms with E-state index in [1.165, 1.54) is 30.2 Å². The first-order valence-corrected chi connectivity index (χ1v) is 15.6. The van der Waals surface area contributed by atoms with Crippen LogP contribution in [0.25, 0.3) is 0 Å². The molecule has 1 unspecified atom stereocenters. The number of anilines is 1. The molecule has 0 aromatic heterocycles. The quantitative estimate of drug-likeness (QED) is 0.226. The van der Waals surface area contributed by atoms with E-state index in [-0.39, 0.29) is 29.5 Å². The highest BCUT2D eigenvalue weighted by Crippen LogP contribution is 2.30. The zero-order chi connectivity index (χ0) is 30.0. The van der Waals surface area contributed by atoms with E-state index in [4.69, 9.17) is 27.9 Å². The van der Waals surface area contributed by atoms with Crippen LogP contribution >= 0.6 is 23.2 Å². The van der Waals surface area contributed by atoms with Crippen molar-refractivity contribution in [3.63, 3.8) is 0 Å². The highest BCUT2D eigenvalue weighted by Gasteiger charge is 2.34. The molecule has 1 N–H and O–H groups in total. The normalized spacial score (nSPS) is 11.9. The zero-order valence-corrected chi connectivity index (χ0v) is 25.7. The number of unbranched alkanes of at least 4 members (excludes halogenated alkanes) is 1. The molecule has 1 atom stereocenters. The van der Waals surface area contributed by atoms with Crippen molar-refractivity contribution in [2.75, 3.05) is 24.5 Å². The molecule has 0 aliphatic rings. The maximum absolute atomic E-state index is 14.1. The van der Waals surface area contributed by atoms with E-state index in [0.29, 0.717) is 27.9 Å². The molecule has 0 saturated heterocycles. The third-order valence-electron chi connectivity index (χ3n) is 6.56. The SMILES string of the molecule is CCCCNC(=O)C(CC)N(Cc1c(Cl)cccc1Cl)C(=O)CN(c1cccc(OC)c1)S(=O)(=O)c1ccccc1. The van der Waals surface area contributed by atoms with Gasteiger partial charge in [0.15, 0.2) is 0 Å². The largest absolute Gasteiger partial charge is 0.497 e. The summed E-state index contributed by atoms with van der Waals surface area (Å²) in [6.07, 6.45) is 1.96. The van der Waals surface area contributed by atoms with Crippen molar-refractivity contribution in [2.24, 2.45) is 0 Å². The van der Waals surface area contributed by atoms with Crippen LogP contribution in [-0.2, 0) is 26.2 Å². The van der Waals surface area contributed by atoms with Crippen LogP contribution in [-0.4, -0.2) is 51.4 Å². The fourth-order valence-corrected chi connectivity index (χ4v) is 6.24. The van der Waals surface area contributed by atoms with Crippen molar-refractivity contribution in [3.05, 3.63) is 88.4 Å². The average molecular weight is 621 g/mol. The van der Waals surface area contributed by atoms with Crippen LogP contribution < -0.4 is 14.4 Å². The van der Waals surface area contributed by atoms with Gasteiger partial charge in [-0.3, -0.25) is 13.9 Å². The smallest absolute Gasteiger partial charge is 0.264 e. The maximum Gasteiger partial charge on any atom is 0.264 e. The van der Waals surface area contributed by atoms with E-state index in [1.807, 2.05) is 6.92 Å². The van der Waals surface area contributed by atoms with Gasteiger partial charge in [0.1, 0.15) is 18.3 Å². The van der Waals surface area contributed by atoms with Crippen LogP contribution in [0, 0.1) is 0 Å². The number of nitrogens with one attached hydrogen (secondary N) is 1. The van der Waals surface area contributed by atoms with Crippen LogP contribution in [0.2, 0.25) is 10.0 Å². The van der Waals surface area contributed by atoms with Gasteiger partial charge in [-0.2, -0.15) is 0 Å². The Morgan fingerprint density at radius 3 is 2.22 bits per heavy atom. The molecule has 2 amide bonds. The van der Waals surface area contributed by atoms with Crippen LogP contribution in [0.1, 0.15) is 38.7 Å². The molecule has 3 rings (SSSR count). The van der Waals surface area contributed by atoms with Gasteiger partial charge in [0, 0.05) is 34.8 Å². The Morgan fingerprint density at radius 1 is 0.951 bits per heavy atom. The number of ether oxygens (including phenoxy) is 1. The number of methoxy groups -OCH3 is 1. The molecule has 11 heteroatoms. The van der Waals surface area contributed by atoms with Gasteiger partial charge in [0.2, 0.25) is 11.8 Å². The number of benzene rings is 3. The summed E-state index contributed by atoms with van der Waals surface area (Å²) in [5, 5.41) is 3.56. The summed E-state index contributed by atoms with van der Waals surface area (Å²) in [5.41, 5.74) is 0.695. The minimum Gasteiger partial charge on any atom is -0.497 e. The number of rotatable bonds is 14. The first kappa shape index (κ1) is 32.2. The summed E-state index contributed by atoms with van der Waals surface area (Å²) in [4.78, 5) is 28.8. The molecule has 0 spiro atoms. The van der Waals surface area contributed by atoms with E-state index in [1.54, 1.807) is 61.5 Å². The van der Waals surface area contributed by atoms with Gasteiger partial charge in [0.05, 0.1) is 17.7 Å². The zero-order valence-electron chi connectivity index (χ0n) is 23.3. The standard InChI is InChI=1S/C30H35Cl2N3O5S/c1-4-6-18-33-30(37)28(5-2)34(20-25-26(31)16-11-17-27(25)32)29(36)21-35(22-12-10-13-23(19-22)40-3)41(38,39)24-14-8-7-9-15-24/h7-17,19,28H,4-6,18,20-21H2,1-3H3,(H,33,37). The second-order valence-corrected chi connectivity index (χ2v) is 12.0. The Labute approximate surface area is 252 Å². The first-order valence-electron chi connectivity index (χ1n) is 13.4. The number of hydrogen-bond acceptors (Lipinski definition) is 5. The van der Waals surface area contributed by atoms with Gasteiger partial charge in [-0.05, 0) is 49.2 Å². The predicted molar refractivity (Wildman–Crippen MR) is 163 cm³/mol. The van der Waals surface area contributed by atoms with E-state index < -0.39 is 28.5 Å². The van der Waals surface area contributed by atoms with E-state index in [9.17, 15) is 18.0 Å². The molecule has 3 aromatic carbocycles. The van der Waals surface area contributed by atoms with Crippen molar-refractivity contribution >= 4 is 50.7 Å². The van der Waals surface area contributed by atoms with Gasteiger partial charge in [-0.15, -0.1) is 0 Å². The predicted octanol–water partition coefficient (Wildman–Crippen LogP) is 5.92. The lowest BCUT2D eigenvalue weighted by Crippen LogP contribution is -2.52. The molecule has 0 saturated carbocycles. The van der Waals surface area contributed by atoms with Crippen molar-refractivity contribution < 1.29 is 22.7 Å². The van der Waals surface area contributed by atoms with Gasteiger partial charge < -0.3 is 15.0 Å². The van der Waals surface area contributed by atoms with Crippen LogP contribution in [0.15, 0.2) is 77.7 Å². The van der Waals surface area contributed by atoms with Crippen molar-refractivity contribution in [3.8, 4) is 5.75 Å². The van der Waals surface area contributed by atoms with Gasteiger partial charge in [-0.25, -0.2) is 8.42 Å². The summed E-state index contributed by atoms with van der Waals surface area (Å²) >= 11 is 12.9. The highest BCUT2D eigenvalue weighted by atomic mass is 35.5. The van der Waals surface area contributed by atoms with E-state index >= 15 is 0 Å². The molecule has 8 nitrogen and oxygen atoms in total. The summed E-state index contributed by atoms with van der Waals surface area (Å²) < 4.78 is 34.1.